The topological polar surface area (TPSA) is 49.8 Å². The molecule has 0 aromatic carbocycles. The first-order valence-electron chi connectivity index (χ1n) is 4.21. The van der Waals surface area contributed by atoms with E-state index in [4.69, 9.17) is 5.11 Å². The highest BCUT2D eigenvalue weighted by Crippen LogP contribution is 1.98. The molecule has 76 valence electrons. The van der Waals surface area contributed by atoms with E-state index in [2.05, 4.69) is 11.3 Å². The quantitative estimate of drug-likeness (QED) is 0.611. The molecular weight excluding hydrogens is 170 g/mol. The fourth-order valence-electron chi connectivity index (χ4n) is 0.682. The van der Waals surface area contributed by atoms with Crippen molar-refractivity contribution in [1.29, 1.82) is 0 Å². The van der Waals surface area contributed by atoms with Crippen LogP contribution in [0, 0.1) is 0 Å². The molecule has 0 aromatic heterocycles. The van der Waals surface area contributed by atoms with Gasteiger partial charge >= 0.3 is 5.97 Å². The number of rotatable bonds is 6. The minimum Gasteiger partial charge on any atom is -0.463 e. The summed E-state index contributed by atoms with van der Waals surface area (Å²) < 4.78 is 4.68. The van der Waals surface area contributed by atoms with Crippen LogP contribution >= 0.6 is 0 Å². The van der Waals surface area contributed by atoms with Crippen LogP contribution in [0.4, 0.5) is 0 Å². The third-order valence-electron chi connectivity index (χ3n) is 1.66. The molecule has 0 aromatic rings. The number of hydrogen-bond acceptors (Lipinski definition) is 4. The number of hydrogen-bond donors (Lipinski definition) is 1. The predicted molar refractivity (Wildman–Crippen MR) is 50.1 cm³/mol. The van der Waals surface area contributed by atoms with Gasteiger partial charge in [-0.1, -0.05) is 6.58 Å². The van der Waals surface area contributed by atoms with E-state index < -0.39 is 0 Å². The average Bonchev–Trinajstić information content (AvgIpc) is 2.10. The summed E-state index contributed by atoms with van der Waals surface area (Å²) >= 11 is 0. The van der Waals surface area contributed by atoms with Gasteiger partial charge in [-0.05, 0) is 6.92 Å². The number of nitrogens with zero attached hydrogens (tertiary/aromatic N) is 1. The molecule has 0 aliphatic rings. The second-order valence-corrected chi connectivity index (χ2v) is 2.85. The van der Waals surface area contributed by atoms with Crippen LogP contribution in [0.15, 0.2) is 12.3 Å². The zero-order valence-corrected chi connectivity index (χ0v) is 8.25. The molecule has 4 nitrogen and oxygen atoms in total. The lowest BCUT2D eigenvalue weighted by atomic mass is 10.4. The zero-order chi connectivity index (χ0) is 10.3. The first-order chi connectivity index (χ1) is 6.07. The van der Waals surface area contributed by atoms with E-state index in [9.17, 15) is 4.79 Å². The highest BCUT2D eigenvalue weighted by atomic mass is 16.5. The highest BCUT2D eigenvalue weighted by Gasteiger charge is 2.04. The summed E-state index contributed by atoms with van der Waals surface area (Å²) in [6, 6.07) is 0. The van der Waals surface area contributed by atoms with Crippen molar-refractivity contribution in [1.82, 2.24) is 4.90 Å². The minimum atomic E-state index is -0.290. The fraction of sp³-hybridized carbons (Fsp3) is 0.667. The van der Waals surface area contributed by atoms with Crippen molar-refractivity contribution in [3.05, 3.63) is 12.3 Å². The Hall–Kier alpha value is -1.03. The van der Waals surface area contributed by atoms with Crippen molar-refractivity contribution >= 4 is 5.97 Å². The van der Waals surface area contributed by atoms with Crippen LogP contribution < -0.4 is 0 Å². The SMILES string of the molecule is C=C(C)N(C)CCC(=O)OCCO. The largest absolute Gasteiger partial charge is 0.463 e. The third kappa shape index (κ3) is 6.16. The summed E-state index contributed by atoms with van der Waals surface area (Å²) in [6.07, 6.45) is 0.323. The lowest BCUT2D eigenvalue weighted by Gasteiger charge is -2.17. The Morgan fingerprint density at radius 2 is 2.23 bits per heavy atom. The molecule has 0 saturated heterocycles. The predicted octanol–water partition coefficient (Wildman–Crippen LogP) is 0.377. The molecule has 0 spiro atoms. The summed E-state index contributed by atoms with van der Waals surface area (Å²) in [6.45, 7) is 6.16. The van der Waals surface area contributed by atoms with Crippen molar-refractivity contribution in [2.24, 2.45) is 0 Å². The lowest BCUT2D eigenvalue weighted by molar-refractivity contribution is -0.144. The number of allylic oxidation sites excluding steroid dienone is 1. The van der Waals surface area contributed by atoms with Crippen molar-refractivity contribution in [3.63, 3.8) is 0 Å². The fourth-order valence-corrected chi connectivity index (χ4v) is 0.682. The standard InChI is InChI=1S/C9H17NO3/c1-8(2)10(3)5-4-9(12)13-7-6-11/h11H,1,4-7H2,2-3H3. The van der Waals surface area contributed by atoms with Crippen LogP contribution in [-0.4, -0.2) is 42.8 Å². The van der Waals surface area contributed by atoms with Crippen molar-refractivity contribution in [2.75, 3.05) is 26.8 Å². The summed E-state index contributed by atoms with van der Waals surface area (Å²) in [4.78, 5) is 12.8. The molecule has 0 aliphatic heterocycles. The van der Waals surface area contributed by atoms with E-state index >= 15 is 0 Å². The Balaban J connectivity index is 3.52. The van der Waals surface area contributed by atoms with Crippen LogP contribution in [-0.2, 0) is 9.53 Å². The Kier molecular flexibility index (Phi) is 5.97. The van der Waals surface area contributed by atoms with E-state index in [0.717, 1.165) is 5.70 Å². The van der Waals surface area contributed by atoms with Gasteiger partial charge in [0.15, 0.2) is 0 Å². The van der Waals surface area contributed by atoms with Gasteiger partial charge in [0.05, 0.1) is 13.0 Å². The number of carbonyl (C=O) groups is 1. The van der Waals surface area contributed by atoms with E-state index in [0.29, 0.717) is 13.0 Å². The molecule has 0 atom stereocenters. The Labute approximate surface area is 78.8 Å². The zero-order valence-electron chi connectivity index (χ0n) is 8.25. The molecule has 4 heteroatoms. The van der Waals surface area contributed by atoms with E-state index in [1.165, 1.54) is 0 Å². The molecule has 13 heavy (non-hydrogen) atoms. The molecule has 0 aliphatic carbocycles. The van der Waals surface area contributed by atoms with Gasteiger partial charge in [0.2, 0.25) is 0 Å². The van der Waals surface area contributed by atoms with Gasteiger partial charge < -0.3 is 14.7 Å². The first-order valence-corrected chi connectivity index (χ1v) is 4.21. The number of carbonyl (C=O) groups excluding carboxylic acids is 1. The minimum absolute atomic E-state index is 0.0790. The van der Waals surface area contributed by atoms with Crippen LogP contribution in [0.2, 0.25) is 0 Å². The molecular formula is C9H17NO3. The van der Waals surface area contributed by atoms with Gasteiger partial charge in [-0.25, -0.2) is 0 Å². The van der Waals surface area contributed by atoms with E-state index in [-0.39, 0.29) is 19.2 Å². The first kappa shape index (κ1) is 12.0. The summed E-state index contributed by atoms with van der Waals surface area (Å²) in [5.74, 6) is -0.290. The lowest BCUT2D eigenvalue weighted by Crippen LogP contribution is -2.20. The Morgan fingerprint density at radius 3 is 2.69 bits per heavy atom. The summed E-state index contributed by atoms with van der Waals surface area (Å²) in [7, 11) is 1.86. The second kappa shape index (κ2) is 6.48. The molecule has 0 amide bonds. The Bertz CT molecular complexity index is 180. The number of aliphatic hydroxyl groups excluding tert-OH is 1. The smallest absolute Gasteiger partial charge is 0.307 e. The van der Waals surface area contributed by atoms with Gasteiger partial charge in [0.1, 0.15) is 6.61 Å². The van der Waals surface area contributed by atoms with Crippen LogP contribution in [0.1, 0.15) is 13.3 Å². The number of aliphatic hydroxyl groups is 1. The van der Waals surface area contributed by atoms with Crippen molar-refractivity contribution in [3.8, 4) is 0 Å². The molecule has 0 saturated carbocycles. The van der Waals surface area contributed by atoms with Gasteiger partial charge in [0, 0.05) is 19.3 Å². The van der Waals surface area contributed by atoms with Crippen LogP contribution in [0.25, 0.3) is 0 Å². The maximum absolute atomic E-state index is 10.9. The van der Waals surface area contributed by atoms with Crippen molar-refractivity contribution in [2.45, 2.75) is 13.3 Å². The maximum Gasteiger partial charge on any atom is 0.307 e. The molecule has 0 heterocycles. The molecule has 0 unspecified atom stereocenters. The molecule has 0 fully saturated rings. The molecule has 1 N–H and O–H groups in total. The van der Waals surface area contributed by atoms with Gasteiger partial charge in [-0.15, -0.1) is 0 Å². The molecule has 0 rings (SSSR count). The maximum atomic E-state index is 10.9. The van der Waals surface area contributed by atoms with Gasteiger partial charge in [-0.2, -0.15) is 0 Å². The summed E-state index contributed by atoms with van der Waals surface area (Å²) in [5.41, 5.74) is 0.912. The highest BCUT2D eigenvalue weighted by molar-refractivity contribution is 5.69. The number of esters is 1. The second-order valence-electron chi connectivity index (χ2n) is 2.85. The average molecular weight is 187 g/mol. The summed E-state index contributed by atoms with van der Waals surface area (Å²) in [5, 5.41) is 8.38. The van der Waals surface area contributed by atoms with Crippen molar-refractivity contribution < 1.29 is 14.6 Å². The van der Waals surface area contributed by atoms with E-state index in [1.807, 2.05) is 18.9 Å². The monoisotopic (exact) mass is 187 g/mol. The molecule has 0 bridgehead atoms. The molecule has 0 radical (unpaired) electrons. The van der Waals surface area contributed by atoms with Gasteiger partial charge in [0.25, 0.3) is 0 Å². The van der Waals surface area contributed by atoms with Gasteiger partial charge in [-0.3, -0.25) is 4.79 Å². The Morgan fingerprint density at radius 1 is 1.62 bits per heavy atom. The normalized spacial score (nSPS) is 9.46. The van der Waals surface area contributed by atoms with Crippen LogP contribution in [0.5, 0.6) is 0 Å². The van der Waals surface area contributed by atoms with E-state index in [1.54, 1.807) is 0 Å². The third-order valence-corrected chi connectivity index (χ3v) is 1.66. The number of ether oxygens (including phenoxy) is 1. The van der Waals surface area contributed by atoms with Crippen LogP contribution in [0.3, 0.4) is 0 Å².